The fourth-order valence-corrected chi connectivity index (χ4v) is 4.96. The molecule has 4 rings (SSSR count). The third-order valence-electron chi connectivity index (χ3n) is 5.87. The van der Waals surface area contributed by atoms with Crippen LogP contribution in [0.3, 0.4) is 0 Å². The average Bonchev–Trinajstić information content (AvgIpc) is 3.03. The number of halogens is 4. The molecule has 1 fully saturated rings. The summed E-state index contributed by atoms with van der Waals surface area (Å²) >= 11 is 6.26. The number of nitrogens with one attached hydrogen (secondary N) is 1. The van der Waals surface area contributed by atoms with Gasteiger partial charge in [-0.25, -0.2) is 9.78 Å². The molecular weight excluding hydrogens is 459 g/mol. The number of benzene rings is 2. The standard InChI is InChI=1S/C23H23ClF3N3O3/c1-12-7-13(2)9-15(8-12)30-20-11-18(24)17(21(31)32)10-19(20)29-22(30)28-14-3-5-16(6-4-14)33-23(25,26)27/h3-6,10-13,15H,7-9H2,1-2H3,(H,28,29)(H,31,32). The average molecular weight is 482 g/mol. The van der Waals surface area contributed by atoms with E-state index in [1.54, 1.807) is 6.07 Å². The van der Waals surface area contributed by atoms with Crippen LogP contribution in [0.15, 0.2) is 36.4 Å². The number of aromatic nitrogens is 2. The van der Waals surface area contributed by atoms with Gasteiger partial charge in [-0.05, 0) is 67.5 Å². The second-order valence-electron chi connectivity index (χ2n) is 8.70. The smallest absolute Gasteiger partial charge is 0.478 e. The number of hydrogen-bond acceptors (Lipinski definition) is 4. The number of ether oxygens (including phenoxy) is 1. The molecule has 0 amide bonds. The van der Waals surface area contributed by atoms with Crippen LogP contribution in [0.5, 0.6) is 5.75 Å². The van der Waals surface area contributed by atoms with E-state index < -0.39 is 12.3 Å². The number of alkyl halides is 3. The van der Waals surface area contributed by atoms with Crippen molar-refractivity contribution >= 4 is 40.2 Å². The Labute approximate surface area is 193 Å². The number of hydrogen-bond donors (Lipinski definition) is 2. The first-order chi connectivity index (χ1) is 15.5. The Morgan fingerprint density at radius 2 is 1.79 bits per heavy atom. The number of fused-ring (bicyclic) bond motifs is 1. The molecular formula is C23H23ClF3N3O3. The van der Waals surface area contributed by atoms with Crippen molar-refractivity contribution in [3.63, 3.8) is 0 Å². The topological polar surface area (TPSA) is 76.4 Å². The molecule has 33 heavy (non-hydrogen) atoms. The predicted octanol–water partition coefficient (Wildman–Crippen LogP) is 7.03. The van der Waals surface area contributed by atoms with E-state index in [2.05, 4.69) is 28.9 Å². The summed E-state index contributed by atoms with van der Waals surface area (Å²) in [6, 6.07) is 8.52. The van der Waals surface area contributed by atoms with Crippen molar-refractivity contribution in [3.05, 3.63) is 47.0 Å². The summed E-state index contributed by atoms with van der Waals surface area (Å²) in [5, 5.41) is 12.7. The molecule has 1 aliphatic rings. The van der Waals surface area contributed by atoms with Crippen molar-refractivity contribution in [3.8, 4) is 5.75 Å². The maximum atomic E-state index is 12.4. The number of carboxylic acids is 1. The Hall–Kier alpha value is -2.94. The highest BCUT2D eigenvalue weighted by Crippen LogP contribution is 2.41. The molecule has 0 saturated heterocycles. The number of imidazole rings is 1. The molecule has 1 saturated carbocycles. The second-order valence-corrected chi connectivity index (χ2v) is 9.11. The summed E-state index contributed by atoms with van der Waals surface area (Å²) in [7, 11) is 0. The zero-order valence-corrected chi connectivity index (χ0v) is 18.7. The molecule has 2 unspecified atom stereocenters. The highest BCUT2D eigenvalue weighted by atomic mass is 35.5. The van der Waals surface area contributed by atoms with Crippen LogP contribution in [0, 0.1) is 11.8 Å². The lowest BCUT2D eigenvalue weighted by Crippen LogP contribution is -2.23. The van der Waals surface area contributed by atoms with Gasteiger partial charge in [-0.2, -0.15) is 0 Å². The van der Waals surface area contributed by atoms with Gasteiger partial charge < -0.3 is 19.7 Å². The normalized spacial score (nSPS) is 21.2. The van der Waals surface area contributed by atoms with Crippen LogP contribution in [0.4, 0.5) is 24.8 Å². The highest BCUT2D eigenvalue weighted by molar-refractivity contribution is 6.34. The van der Waals surface area contributed by atoms with Gasteiger partial charge in [-0.15, -0.1) is 13.2 Å². The summed E-state index contributed by atoms with van der Waals surface area (Å²) < 4.78 is 43.3. The molecule has 2 atom stereocenters. The van der Waals surface area contributed by atoms with E-state index in [4.69, 9.17) is 11.6 Å². The minimum absolute atomic E-state index is 0.0422. The number of aromatic carboxylic acids is 1. The molecule has 6 nitrogen and oxygen atoms in total. The molecule has 10 heteroatoms. The third-order valence-corrected chi connectivity index (χ3v) is 6.18. The second kappa shape index (κ2) is 8.78. The van der Waals surface area contributed by atoms with Gasteiger partial charge >= 0.3 is 12.3 Å². The molecule has 3 aromatic rings. The minimum Gasteiger partial charge on any atom is -0.478 e. The van der Waals surface area contributed by atoms with Crippen LogP contribution in [0.1, 0.15) is 49.5 Å². The van der Waals surface area contributed by atoms with Crippen LogP contribution >= 0.6 is 11.6 Å². The van der Waals surface area contributed by atoms with Crippen LogP contribution < -0.4 is 10.1 Å². The SMILES string of the molecule is CC1CC(C)CC(n2c(Nc3ccc(OC(F)(F)F)cc3)nc3cc(C(=O)O)c(Cl)cc32)C1. The molecule has 176 valence electrons. The first-order valence-corrected chi connectivity index (χ1v) is 11.0. The van der Waals surface area contributed by atoms with Crippen molar-refractivity contribution in [2.75, 3.05) is 5.32 Å². The zero-order valence-electron chi connectivity index (χ0n) is 18.0. The minimum atomic E-state index is -4.77. The van der Waals surface area contributed by atoms with Crippen LogP contribution in [0.2, 0.25) is 5.02 Å². The molecule has 0 radical (unpaired) electrons. The van der Waals surface area contributed by atoms with E-state index >= 15 is 0 Å². The first kappa shape index (κ1) is 23.2. The van der Waals surface area contributed by atoms with Crippen molar-refractivity contribution in [1.29, 1.82) is 0 Å². The lowest BCUT2D eigenvalue weighted by Gasteiger charge is -2.33. The Morgan fingerprint density at radius 3 is 2.36 bits per heavy atom. The number of nitrogens with zero attached hydrogens (tertiary/aromatic N) is 2. The van der Waals surface area contributed by atoms with Gasteiger partial charge in [0.05, 0.1) is 21.6 Å². The fourth-order valence-electron chi connectivity index (χ4n) is 4.72. The zero-order chi connectivity index (χ0) is 23.9. The van der Waals surface area contributed by atoms with E-state index in [1.165, 1.54) is 30.3 Å². The number of rotatable bonds is 5. The van der Waals surface area contributed by atoms with E-state index in [0.717, 1.165) is 19.3 Å². The number of carboxylic acid groups (broad SMARTS) is 1. The van der Waals surface area contributed by atoms with Gasteiger partial charge in [0.1, 0.15) is 5.75 Å². The van der Waals surface area contributed by atoms with Gasteiger partial charge in [0, 0.05) is 11.7 Å². The maximum Gasteiger partial charge on any atom is 0.573 e. The largest absolute Gasteiger partial charge is 0.573 e. The van der Waals surface area contributed by atoms with Crippen molar-refractivity contribution in [2.45, 2.75) is 45.5 Å². The fraction of sp³-hybridized carbons (Fsp3) is 0.391. The molecule has 0 spiro atoms. The third kappa shape index (κ3) is 5.19. The van der Waals surface area contributed by atoms with Gasteiger partial charge in [0.25, 0.3) is 0 Å². The van der Waals surface area contributed by atoms with Crippen molar-refractivity contribution in [2.24, 2.45) is 11.8 Å². The molecule has 0 bridgehead atoms. The van der Waals surface area contributed by atoms with Crippen LogP contribution in [0.25, 0.3) is 11.0 Å². The Balaban J connectivity index is 1.75. The summed E-state index contributed by atoms with van der Waals surface area (Å²) in [6.07, 6.45) is -1.81. The van der Waals surface area contributed by atoms with Crippen molar-refractivity contribution in [1.82, 2.24) is 9.55 Å². The van der Waals surface area contributed by atoms with Gasteiger partial charge in [0.2, 0.25) is 5.95 Å². The summed E-state index contributed by atoms with van der Waals surface area (Å²) in [5.74, 6) is -0.00638. The number of anilines is 2. The Kier molecular flexibility index (Phi) is 6.18. The summed E-state index contributed by atoms with van der Waals surface area (Å²) in [5.41, 5.74) is 1.65. The van der Waals surface area contributed by atoms with Crippen LogP contribution in [-0.2, 0) is 0 Å². The molecule has 2 N–H and O–H groups in total. The van der Waals surface area contributed by atoms with E-state index in [0.29, 0.717) is 34.5 Å². The monoisotopic (exact) mass is 481 g/mol. The number of carbonyl (C=O) groups is 1. The first-order valence-electron chi connectivity index (χ1n) is 10.6. The predicted molar refractivity (Wildman–Crippen MR) is 119 cm³/mol. The van der Waals surface area contributed by atoms with E-state index in [-0.39, 0.29) is 22.4 Å². The molecule has 0 aliphatic heterocycles. The van der Waals surface area contributed by atoms with Gasteiger partial charge in [-0.1, -0.05) is 25.4 Å². The Bertz CT molecular complexity index is 1170. The van der Waals surface area contributed by atoms with Gasteiger partial charge in [-0.3, -0.25) is 0 Å². The molecule has 1 aliphatic carbocycles. The van der Waals surface area contributed by atoms with Crippen LogP contribution in [-0.4, -0.2) is 27.0 Å². The quantitative estimate of drug-likeness (QED) is 0.409. The van der Waals surface area contributed by atoms with Crippen molar-refractivity contribution < 1.29 is 27.8 Å². The van der Waals surface area contributed by atoms with Gasteiger partial charge in [0.15, 0.2) is 0 Å². The maximum absolute atomic E-state index is 12.4. The summed E-state index contributed by atoms with van der Waals surface area (Å²) in [4.78, 5) is 16.2. The Morgan fingerprint density at radius 1 is 1.15 bits per heavy atom. The molecule has 1 aromatic heterocycles. The lowest BCUT2D eigenvalue weighted by atomic mass is 9.80. The molecule has 1 heterocycles. The van der Waals surface area contributed by atoms with E-state index in [9.17, 15) is 23.1 Å². The highest BCUT2D eigenvalue weighted by Gasteiger charge is 2.31. The molecule has 2 aromatic carbocycles. The van der Waals surface area contributed by atoms with E-state index in [1.807, 2.05) is 4.57 Å². The summed E-state index contributed by atoms with van der Waals surface area (Å²) in [6.45, 7) is 4.40. The lowest BCUT2D eigenvalue weighted by molar-refractivity contribution is -0.274.